The number of guanidine groups is 1. The number of hydrogen-bond acceptors (Lipinski definition) is 3. The van der Waals surface area contributed by atoms with E-state index in [0.29, 0.717) is 25.6 Å². The van der Waals surface area contributed by atoms with Gasteiger partial charge in [-0.2, -0.15) is 5.10 Å². The van der Waals surface area contributed by atoms with Crippen molar-refractivity contribution in [3.8, 4) is 5.69 Å². The molecule has 1 aromatic heterocycles. The lowest BCUT2D eigenvalue weighted by molar-refractivity contribution is -0.128. The summed E-state index contributed by atoms with van der Waals surface area (Å²) in [6.07, 6.45) is 0. The van der Waals surface area contributed by atoms with Gasteiger partial charge in [0.15, 0.2) is 5.96 Å². The Morgan fingerprint density at radius 2 is 1.76 bits per heavy atom. The van der Waals surface area contributed by atoms with E-state index in [1.165, 1.54) is 0 Å². The maximum absolute atomic E-state index is 11.9. The first-order chi connectivity index (χ1) is 13.2. The number of amides is 1. The first kappa shape index (κ1) is 24.9. The van der Waals surface area contributed by atoms with Crippen LogP contribution in [-0.2, 0) is 11.3 Å². The largest absolute Gasteiger partial charge is 0.355 e. The maximum Gasteiger partial charge on any atom is 0.225 e. The molecule has 3 N–H and O–H groups in total. The lowest BCUT2D eigenvalue weighted by atomic mass is 9.96. The molecule has 29 heavy (non-hydrogen) atoms. The van der Waals surface area contributed by atoms with Crippen molar-refractivity contribution in [1.82, 2.24) is 25.7 Å². The Bertz CT molecular complexity index is 838. The molecule has 0 unspecified atom stereocenters. The van der Waals surface area contributed by atoms with E-state index < -0.39 is 0 Å². The molecule has 1 heterocycles. The highest BCUT2D eigenvalue weighted by Crippen LogP contribution is 2.17. The minimum atomic E-state index is -0.382. The van der Waals surface area contributed by atoms with Gasteiger partial charge in [-0.05, 0) is 31.5 Å². The lowest BCUT2D eigenvalue weighted by Crippen LogP contribution is -2.43. The van der Waals surface area contributed by atoms with Gasteiger partial charge in [0.25, 0.3) is 0 Å². The molecular weight excluding hydrogens is 479 g/mol. The van der Waals surface area contributed by atoms with Crippen molar-refractivity contribution in [2.75, 3.05) is 20.1 Å². The summed E-state index contributed by atoms with van der Waals surface area (Å²) >= 11 is 0. The van der Waals surface area contributed by atoms with Gasteiger partial charge in [-0.3, -0.25) is 9.79 Å². The number of hydrogen-bond donors (Lipinski definition) is 3. The number of rotatable bonds is 6. The van der Waals surface area contributed by atoms with Crippen LogP contribution in [0.5, 0.6) is 0 Å². The van der Waals surface area contributed by atoms with E-state index in [0.717, 1.165) is 22.6 Å². The standard InChI is InChI=1S/C21H32N6O.HI/c1-15-13-16(2)27(26-15)18-10-8-7-9-17(18)14-25-20(22-6)24-12-11-23-19(28)21(3,4)5;/h7-10,13H,11-12,14H2,1-6H3,(H,23,28)(H2,22,24,25);1H. The second kappa shape index (κ2) is 11.2. The van der Waals surface area contributed by atoms with Crippen molar-refractivity contribution in [3.05, 3.63) is 47.3 Å². The summed E-state index contributed by atoms with van der Waals surface area (Å²) in [6, 6.07) is 10.2. The fraction of sp³-hybridized carbons (Fsp3) is 0.476. The third-order valence-electron chi connectivity index (χ3n) is 4.28. The topological polar surface area (TPSA) is 83.3 Å². The number of para-hydroxylation sites is 1. The van der Waals surface area contributed by atoms with E-state index in [4.69, 9.17) is 0 Å². The molecule has 0 aliphatic heterocycles. The van der Waals surface area contributed by atoms with Crippen molar-refractivity contribution in [2.45, 2.75) is 41.2 Å². The molecule has 0 bridgehead atoms. The quantitative estimate of drug-likeness (QED) is 0.241. The molecule has 0 spiro atoms. The van der Waals surface area contributed by atoms with Crippen molar-refractivity contribution in [1.29, 1.82) is 0 Å². The predicted octanol–water partition coefficient (Wildman–Crippen LogP) is 2.93. The van der Waals surface area contributed by atoms with E-state index in [1.54, 1.807) is 7.05 Å². The zero-order valence-electron chi connectivity index (χ0n) is 18.2. The normalized spacial score (nSPS) is 11.6. The summed E-state index contributed by atoms with van der Waals surface area (Å²) in [5, 5.41) is 14.1. The van der Waals surface area contributed by atoms with Gasteiger partial charge >= 0.3 is 0 Å². The predicted molar refractivity (Wildman–Crippen MR) is 129 cm³/mol. The van der Waals surface area contributed by atoms with Crippen LogP contribution in [0, 0.1) is 19.3 Å². The number of benzene rings is 1. The smallest absolute Gasteiger partial charge is 0.225 e. The van der Waals surface area contributed by atoms with E-state index in [-0.39, 0.29) is 35.3 Å². The highest BCUT2D eigenvalue weighted by Gasteiger charge is 2.20. The fourth-order valence-electron chi connectivity index (χ4n) is 2.76. The van der Waals surface area contributed by atoms with E-state index in [2.05, 4.69) is 51.2 Å². The number of carbonyl (C=O) groups is 1. The number of halogens is 1. The summed E-state index contributed by atoms with van der Waals surface area (Å²) in [5.74, 6) is 0.726. The molecule has 2 aromatic rings. The van der Waals surface area contributed by atoms with Gasteiger partial charge in [0.1, 0.15) is 0 Å². The molecular formula is C21H33IN6O. The van der Waals surface area contributed by atoms with E-state index >= 15 is 0 Å². The molecule has 160 valence electrons. The Kier molecular flexibility index (Phi) is 9.61. The molecule has 8 heteroatoms. The molecule has 0 aliphatic carbocycles. The van der Waals surface area contributed by atoms with Gasteiger partial charge in [0, 0.05) is 37.8 Å². The first-order valence-electron chi connectivity index (χ1n) is 9.56. The van der Waals surface area contributed by atoms with Crippen molar-refractivity contribution < 1.29 is 4.79 Å². The lowest BCUT2D eigenvalue weighted by Gasteiger charge is -2.18. The molecule has 0 aliphatic rings. The fourth-order valence-corrected chi connectivity index (χ4v) is 2.76. The van der Waals surface area contributed by atoms with Crippen LogP contribution in [0.3, 0.4) is 0 Å². The summed E-state index contributed by atoms with van der Waals surface area (Å²) in [4.78, 5) is 16.1. The van der Waals surface area contributed by atoms with E-state index in [1.807, 2.05) is 44.5 Å². The Morgan fingerprint density at radius 1 is 1.10 bits per heavy atom. The molecule has 0 atom stereocenters. The van der Waals surface area contributed by atoms with Gasteiger partial charge < -0.3 is 16.0 Å². The van der Waals surface area contributed by atoms with Crippen molar-refractivity contribution in [3.63, 3.8) is 0 Å². The summed E-state index contributed by atoms with van der Waals surface area (Å²) in [7, 11) is 1.73. The molecule has 0 fully saturated rings. The SMILES string of the molecule is CN=C(NCCNC(=O)C(C)(C)C)NCc1ccccc1-n1nc(C)cc1C.I. The number of aromatic nitrogens is 2. The average Bonchev–Trinajstić information content (AvgIpc) is 2.98. The number of nitrogens with zero attached hydrogens (tertiary/aromatic N) is 3. The second-order valence-corrected chi connectivity index (χ2v) is 7.83. The monoisotopic (exact) mass is 512 g/mol. The number of nitrogens with one attached hydrogen (secondary N) is 3. The zero-order chi connectivity index (χ0) is 20.7. The van der Waals surface area contributed by atoms with Gasteiger partial charge in [-0.15, -0.1) is 24.0 Å². The molecule has 0 saturated heterocycles. The average molecular weight is 512 g/mol. The maximum atomic E-state index is 11.9. The highest BCUT2D eigenvalue weighted by atomic mass is 127. The van der Waals surface area contributed by atoms with Crippen LogP contribution in [0.15, 0.2) is 35.3 Å². The van der Waals surface area contributed by atoms with Crippen molar-refractivity contribution >= 4 is 35.8 Å². The second-order valence-electron chi connectivity index (χ2n) is 7.83. The molecule has 1 amide bonds. The van der Waals surface area contributed by atoms with Crippen LogP contribution in [-0.4, -0.2) is 41.8 Å². The van der Waals surface area contributed by atoms with Gasteiger partial charge in [0.05, 0.1) is 11.4 Å². The number of carbonyl (C=O) groups excluding carboxylic acids is 1. The highest BCUT2D eigenvalue weighted by molar-refractivity contribution is 14.0. The Labute approximate surface area is 190 Å². The first-order valence-corrected chi connectivity index (χ1v) is 9.56. The molecule has 7 nitrogen and oxygen atoms in total. The van der Waals surface area contributed by atoms with Crippen LogP contribution in [0.2, 0.25) is 0 Å². The van der Waals surface area contributed by atoms with Crippen LogP contribution < -0.4 is 16.0 Å². The third-order valence-corrected chi connectivity index (χ3v) is 4.28. The minimum absolute atomic E-state index is 0. The van der Waals surface area contributed by atoms with Gasteiger partial charge in [-0.1, -0.05) is 39.0 Å². The summed E-state index contributed by atoms with van der Waals surface area (Å²) in [6.45, 7) is 11.5. The Hall–Kier alpha value is -2.10. The summed E-state index contributed by atoms with van der Waals surface area (Å²) < 4.78 is 1.96. The van der Waals surface area contributed by atoms with Crippen LogP contribution in [0.25, 0.3) is 5.69 Å². The van der Waals surface area contributed by atoms with Crippen LogP contribution >= 0.6 is 24.0 Å². The number of aliphatic imine (C=N–C) groups is 1. The Balaban J connectivity index is 0.00000420. The molecule has 0 saturated carbocycles. The molecule has 0 radical (unpaired) electrons. The van der Waals surface area contributed by atoms with Gasteiger partial charge in [0.2, 0.25) is 5.91 Å². The van der Waals surface area contributed by atoms with Gasteiger partial charge in [-0.25, -0.2) is 4.68 Å². The third kappa shape index (κ3) is 7.34. The van der Waals surface area contributed by atoms with Crippen molar-refractivity contribution in [2.24, 2.45) is 10.4 Å². The Morgan fingerprint density at radius 3 is 2.34 bits per heavy atom. The van der Waals surface area contributed by atoms with E-state index in [9.17, 15) is 4.79 Å². The minimum Gasteiger partial charge on any atom is -0.355 e. The van der Waals surface area contributed by atoms with Crippen LogP contribution in [0.4, 0.5) is 0 Å². The van der Waals surface area contributed by atoms with Crippen LogP contribution in [0.1, 0.15) is 37.7 Å². The number of aryl methyl sites for hydroxylation is 2. The molecule has 1 aromatic carbocycles. The zero-order valence-corrected chi connectivity index (χ0v) is 20.5. The summed E-state index contributed by atoms with van der Waals surface area (Å²) in [5.41, 5.74) is 3.88. The molecule has 2 rings (SSSR count).